The van der Waals surface area contributed by atoms with Crippen LogP contribution in [0.15, 0.2) is 46.9 Å². The van der Waals surface area contributed by atoms with Crippen LogP contribution in [0.25, 0.3) is 0 Å². The Kier molecular flexibility index (Phi) is 6.04. The summed E-state index contributed by atoms with van der Waals surface area (Å²) in [5, 5.41) is 8.93. The molecule has 0 saturated heterocycles. The van der Waals surface area contributed by atoms with Crippen LogP contribution in [0, 0.1) is 0 Å². The van der Waals surface area contributed by atoms with Gasteiger partial charge in [-0.1, -0.05) is 32.0 Å². The van der Waals surface area contributed by atoms with Gasteiger partial charge in [-0.2, -0.15) is 0 Å². The van der Waals surface area contributed by atoms with Crippen molar-refractivity contribution in [3.63, 3.8) is 0 Å². The molecular weight excluding hydrogens is 360 g/mol. The zero-order valence-corrected chi connectivity index (χ0v) is 14.7. The molecule has 0 radical (unpaired) electrons. The van der Waals surface area contributed by atoms with Crippen molar-refractivity contribution >= 4 is 21.9 Å². The summed E-state index contributed by atoms with van der Waals surface area (Å²) in [6.45, 7) is 5.04. The van der Waals surface area contributed by atoms with Crippen LogP contribution in [0.3, 0.4) is 0 Å². The molecule has 0 amide bonds. The highest BCUT2D eigenvalue weighted by atomic mass is 79.9. The van der Waals surface area contributed by atoms with Gasteiger partial charge in [-0.05, 0) is 51.7 Å². The third-order valence-corrected chi connectivity index (χ3v) is 3.94. The lowest BCUT2D eigenvalue weighted by molar-refractivity contribution is 0.0696. The van der Waals surface area contributed by atoms with Crippen molar-refractivity contribution in [1.29, 1.82) is 0 Å². The third kappa shape index (κ3) is 4.73. The molecule has 0 aliphatic heterocycles. The summed E-state index contributed by atoms with van der Waals surface area (Å²) in [4.78, 5) is 10.9. The van der Waals surface area contributed by atoms with E-state index in [-0.39, 0.29) is 5.56 Å². The monoisotopic (exact) mass is 378 g/mol. The lowest BCUT2D eigenvalue weighted by atomic mass is 10.0. The van der Waals surface area contributed by atoms with Gasteiger partial charge in [-0.15, -0.1) is 0 Å². The van der Waals surface area contributed by atoms with Gasteiger partial charge in [0.05, 0.1) is 10.0 Å². The van der Waals surface area contributed by atoms with Crippen LogP contribution < -0.4 is 9.47 Å². The average molecular weight is 379 g/mol. The highest BCUT2D eigenvalue weighted by Gasteiger charge is 2.09. The lowest BCUT2D eigenvalue weighted by Crippen LogP contribution is -2.10. The molecule has 0 unspecified atom stereocenters. The van der Waals surface area contributed by atoms with Gasteiger partial charge in [-0.3, -0.25) is 0 Å². The smallest absolute Gasteiger partial charge is 0.335 e. The largest absolute Gasteiger partial charge is 0.490 e. The maximum Gasteiger partial charge on any atom is 0.335 e. The van der Waals surface area contributed by atoms with Crippen molar-refractivity contribution in [1.82, 2.24) is 0 Å². The zero-order valence-electron chi connectivity index (χ0n) is 13.1. The molecule has 0 fully saturated rings. The van der Waals surface area contributed by atoms with E-state index >= 15 is 0 Å². The van der Waals surface area contributed by atoms with E-state index in [2.05, 4.69) is 35.8 Å². The molecule has 2 aromatic rings. The Balaban J connectivity index is 1.90. The number of rotatable bonds is 7. The van der Waals surface area contributed by atoms with Gasteiger partial charge >= 0.3 is 5.97 Å². The molecule has 5 heteroatoms. The highest BCUT2D eigenvalue weighted by molar-refractivity contribution is 9.10. The predicted octanol–water partition coefficient (Wildman–Crippen LogP) is 4.73. The molecule has 0 atom stereocenters. The molecular formula is C18H19BrO4. The lowest BCUT2D eigenvalue weighted by Gasteiger charge is -2.14. The van der Waals surface area contributed by atoms with Crippen molar-refractivity contribution in [2.45, 2.75) is 19.8 Å². The Labute approximate surface area is 144 Å². The fraction of sp³-hybridized carbons (Fsp3) is 0.278. The maximum atomic E-state index is 10.9. The minimum atomic E-state index is -0.967. The van der Waals surface area contributed by atoms with E-state index < -0.39 is 5.97 Å². The van der Waals surface area contributed by atoms with Crippen molar-refractivity contribution in [3.05, 3.63) is 58.1 Å². The van der Waals surface area contributed by atoms with Crippen LogP contribution in [0.4, 0.5) is 0 Å². The van der Waals surface area contributed by atoms with E-state index in [1.54, 1.807) is 6.07 Å². The molecule has 1 N–H and O–H groups in total. The van der Waals surface area contributed by atoms with E-state index in [9.17, 15) is 4.79 Å². The maximum absolute atomic E-state index is 10.9. The minimum absolute atomic E-state index is 0.214. The Hall–Kier alpha value is -2.01. The molecule has 0 aliphatic carbocycles. The molecule has 2 aromatic carbocycles. The molecule has 0 saturated carbocycles. The van der Waals surface area contributed by atoms with Gasteiger partial charge in [0.1, 0.15) is 24.7 Å². The van der Waals surface area contributed by atoms with Crippen LogP contribution >= 0.6 is 15.9 Å². The van der Waals surface area contributed by atoms with Crippen molar-refractivity contribution in [3.8, 4) is 11.5 Å². The first-order valence-electron chi connectivity index (χ1n) is 7.36. The summed E-state index contributed by atoms with van der Waals surface area (Å²) in [5.41, 5.74) is 1.38. The van der Waals surface area contributed by atoms with E-state index in [0.29, 0.717) is 29.4 Å². The number of carbonyl (C=O) groups is 1. The number of hydrogen-bond donors (Lipinski definition) is 1. The van der Waals surface area contributed by atoms with E-state index in [0.717, 1.165) is 5.75 Å². The Morgan fingerprint density at radius 3 is 2.35 bits per heavy atom. The topological polar surface area (TPSA) is 55.8 Å². The molecule has 0 spiro atoms. The standard InChI is InChI=1S/C18H19BrO4/c1-12(2)14-5-3-4-6-16(14)22-9-10-23-17-8-7-13(18(20)21)11-15(17)19/h3-8,11-12H,9-10H2,1-2H3,(H,20,21). The van der Waals surface area contributed by atoms with Gasteiger partial charge in [0.2, 0.25) is 0 Å². The number of aromatic carboxylic acids is 1. The summed E-state index contributed by atoms with van der Waals surface area (Å²) >= 11 is 3.31. The Bertz CT molecular complexity index is 682. The summed E-state index contributed by atoms with van der Waals surface area (Å²) < 4.78 is 12.0. The van der Waals surface area contributed by atoms with Gasteiger partial charge in [0.15, 0.2) is 0 Å². The Morgan fingerprint density at radius 2 is 1.74 bits per heavy atom. The van der Waals surface area contributed by atoms with Crippen molar-refractivity contribution < 1.29 is 19.4 Å². The van der Waals surface area contributed by atoms with Crippen LogP contribution in [0.1, 0.15) is 35.7 Å². The first-order chi connectivity index (χ1) is 11.0. The molecule has 0 aliphatic rings. The summed E-state index contributed by atoms with van der Waals surface area (Å²) in [5.74, 6) is 0.887. The number of carboxylic acid groups (broad SMARTS) is 1. The molecule has 23 heavy (non-hydrogen) atoms. The predicted molar refractivity (Wildman–Crippen MR) is 92.6 cm³/mol. The fourth-order valence-corrected chi connectivity index (χ4v) is 2.64. The summed E-state index contributed by atoms with van der Waals surface area (Å²) in [6, 6.07) is 12.6. The van der Waals surface area contributed by atoms with Crippen LogP contribution in [-0.4, -0.2) is 24.3 Å². The molecule has 0 aromatic heterocycles. The number of carboxylic acids is 1. The zero-order chi connectivity index (χ0) is 16.8. The number of para-hydroxylation sites is 1. The van der Waals surface area contributed by atoms with Gasteiger partial charge in [-0.25, -0.2) is 4.79 Å². The van der Waals surface area contributed by atoms with E-state index in [1.165, 1.54) is 17.7 Å². The Morgan fingerprint density at radius 1 is 1.09 bits per heavy atom. The van der Waals surface area contributed by atoms with Crippen molar-refractivity contribution in [2.75, 3.05) is 13.2 Å². The fourth-order valence-electron chi connectivity index (χ4n) is 2.14. The van der Waals surface area contributed by atoms with E-state index in [1.807, 2.05) is 18.2 Å². The van der Waals surface area contributed by atoms with Gasteiger partial charge in [0.25, 0.3) is 0 Å². The van der Waals surface area contributed by atoms with Crippen LogP contribution in [0.2, 0.25) is 0 Å². The summed E-state index contributed by atoms with van der Waals surface area (Å²) in [6.07, 6.45) is 0. The average Bonchev–Trinajstić information content (AvgIpc) is 2.52. The highest BCUT2D eigenvalue weighted by Crippen LogP contribution is 2.27. The third-order valence-electron chi connectivity index (χ3n) is 3.32. The molecule has 0 heterocycles. The SMILES string of the molecule is CC(C)c1ccccc1OCCOc1ccc(C(=O)O)cc1Br. The van der Waals surface area contributed by atoms with Gasteiger partial charge < -0.3 is 14.6 Å². The molecule has 2 rings (SSSR count). The number of hydrogen-bond acceptors (Lipinski definition) is 3. The quantitative estimate of drug-likeness (QED) is 0.707. The first-order valence-corrected chi connectivity index (χ1v) is 8.15. The van der Waals surface area contributed by atoms with Crippen molar-refractivity contribution in [2.24, 2.45) is 0 Å². The van der Waals surface area contributed by atoms with Crippen LogP contribution in [-0.2, 0) is 0 Å². The first kappa shape index (κ1) is 17.3. The summed E-state index contributed by atoms with van der Waals surface area (Å²) in [7, 11) is 0. The number of ether oxygens (including phenoxy) is 2. The second-order valence-corrected chi connectivity index (χ2v) is 6.19. The molecule has 122 valence electrons. The second kappa shape index (κ2) is 8.02. The minimum Gasteiger partial charge on any atom is -0.490 e. The second-order valence-electron chi connectivity index (χ2n) is 5.34. The van der Waals surface area contributed by atoms with E-state index in [4.69, 9.17) is 14.6 Å². The number of benzene rings is 2. The molecule has 0 bridgehead atoms. The van der Waals surface area contributed by atoms with Gasteiger partial charge in [0, 0.05) is 0 Å². The number of halogens is 1. The normalized spacial score (nSPS) is 10.6. The molecule has 4 nitrogen and oxygen atoms in total. The van der Waals surface area contributed by atoms with Crippen LogP contribution in [0.5, 0.6) is 11.5 Å².